The van der Waals surface area contributed by atoms with Crippen molar-refractivity contribution in [3.05, 3.63) is 59.7 Å². The van der Waals surface area contributed by atoms with Crippen molar-refractivity contribution in [1.29, 1.82) is 0 Å². The number of allylic oxidation sites excluding steroid dienone is 1. The summed E-state index contributed by atoms with van der Waals surface area (Å²) in [6.45, 7) is 6.37. The first-order chi connectivity index (χ1) is 10.9. The summed E-state index contributed by atoms with van der Waals surface area (Å²) in [5.41, 5.74) is 3.18. The summed E-state index contributed by atoms with van der Waals surface area (Å²) < 4.78 is 44.7. The second-order valence-corrected chi connectivity index (χ2v) is 5.81. The number of ether oxygens (including phenoxy) is 1. The lowest BCUT2D eigenvalue weighted by Crippen LogP contribution is -2.08. The van der Waals surface area contributed by atoms with Gasteiger partial charge < -0.3 is 4.74 Å². The molecule has 1 nitrogen and oxygen atoms in total. The summed E-state index contributed by atoms with van der Waals surface area (Å²) >= 11 is 0. The smallest absolute Gasteiger partial charge is 0.416 e. The molecule has 0 fully saturated rings. The number of rotatable bonds is 2. The van der Waals surface area contributed by atoms with Gasteiger partial charge in [0.25, 0.3) is 0 Å². The monoisotopic (exact) mass is 318 g/mol. The molecule has 0 bridgehead atoms. The predicted octanol–water partition coefficient (Wildman–Crippen LogP) is 5.73. The van der Waals surface area contributed by atoms with Gasteiger partial charge in [-0.2, -0.15) is 13.2 Å². The van der Waals surface area contributed by atoms with Gasteiger partial charge in [0.2, 0.25) is 0 Å². The van der Waals surface area contributed by atoms with Gasteiger partial charge in [0.1, 0.15) is 5.75 Å². The second-order valence-electron chi connectivity index (χ2n) is 5.81. The topological polar surface area (TPSA) is 9.23 Å². The molecule has 2 aromatic rings. The van der Waals surface area contributed by atoms with Crippen LogP contribution < -0.4 is 4.74 Å². The molecule has 0 saturated heterocycles. The SMILES string of the molecule is C=C(C)c1ccc(C(F)(F)F)cc1-c1ccc2c(c1)CCCO2. The largest absolute Gasteiger partial charge is 0.493 e. The van der Waals surface area contributed by atoms with Crippen molar-refractivity contribution in [3.63, 3.8) is 0 Å². The van der Waals surface area contributed by atoms with Crippen LogP contribution in [0.2, 0.25) is 0 Å². The average Bonchev–Trinajstić information content (AvgIpc) is 2.53. The summed E-state index contributed by atoms with van der Waals surface area (Å²) in [6.07, 6.45) is -2.56. The first-order valence-electron chi connectivity index (χ1n) is 7.49. The van der Waals surface area contributed by atoms with E-state index < -0.39 is 11.7 Å². The van der Waals surface area contributed by atoms with Crippen LogP contribution in [0, 0.1) is 0 Å². The maximum atomic E-state index is 13.0. The van der Waals surface area contributed by atoms with E-state index in [1.54, 1.807) is 6.92 Å². The Kier molecular flexibility index (Phi) is 3.92. The molecule has 0 N–H and O–H groups in total. The maximum absolute atomic E-state index is 13.0. The molecule has 120 valence electrons. The molecule has 0 spiro atoms. The minimum Gasteiger partial charge on any atom is -0.493 e. The van der Waals surface area contributed by atoms with Crippen LogP contribution >= 0.6 is 0 Å². The van der Waals surface area contributed by atoms with Crippen molar-refractivity contribution in [2.45, 2.75) is 25.9 Å². The first kappa shape index (κ1) is 15.7. The molecular formula is C19H17F3O. The van der Waals surface area contributed by atoms with E-state index in [0.29, 0.717) is 12.2 Å². The Labute approximate surface area is 133 Å². The second kappa shape index (κ2) is 5.76. The Hall–Kier alpha value is -2.23. The fourth-order valence-electron chi connectivity index (χ4n) is 2.86. The molecule has 1 heterocycles. The third-order valence-corrected chi connectivity index (χ3v) is 4.03. The zero-order valence-corrected chi connectivity index (χ0v) is 12.8. The van der Waals surface area contributed by atoms with Crippen LogP contribution in [-0.4, -0.2) is 6.61 Å². The van der Waals surface area contributed by atoms with Gasteiger partial charge in [-0.1, -0.05) is 24.3 Å². The van der Waals surface area contributed by atoms with E-state index in [9.17, 15) is 13.2 Å². The van der Waals surface area contributed by atoms with Gasteiger partial charge in [-0.25, -0.2) is 0 Å². The third kappa shape index (κ3) is 3.11. The lowest BCUT2D eigenvalue weighted by atomic mass is 9.91. The minimum absolute atomic E-state index is 0.556. The Morgan fingerprint density at radius 2 is 1.91 bits per heavy atom. The van der Waals surface area contributed by atoms with E-state index in [4.69, 9.17) is 4.74 Å². The van der Waals surface area contributed by atoms with Crippen LogP contribution in [0.1, 0.15) is 30.0 Å². The zero-order valence-electron chi connectivity index (χ0n) is 12.8. The molecule has 0 unspecified atom stereocenters. The molecule has 0 radical (unpaired) electrons. The van der Waals surface area contributed by atoms with E-state index in [1.165, 1.54) is 12.1 Å². The molecule has 0 atom stereocenters. The van der Waals surface area contributed by atoms with Gasteiger partial charge in [0.05, 0.1) is 12.2 Å². The van der Waals surface area contributed by atoms with Gasteiger partial charge in [-0.05, 0) is 66.3 Å². The fourth-order valence-corrected chi connectivity index (χ4v) is 2.86. The van der Waals surface area contributed by atoms with Crippen LogP contribution in [0.5, 0.6) is 5.75 Å². The Morgan fingerprint density at radius 1 is 1.13 bits per heavy atom. The van der Waals surface area contributed by atoms with Gasteiger partial charge in [0.15, 0.2) is 0 Å². The normalized spacial score (nSPS) is 14.1. The van der Waals surface area contributed by atoms with Crippen LogP contribution in [0.25, 0.3) is 16.7 Å². The van der Waals surface area contributed by atoms with Crippen LogP contribution in [0.3, 0.4) is 0 Å². The molecule has 1 aliphatic rings. The van der Waals surface area contributed by atoms with E-state index >= 15 is 0 Å². The summed E-state index contributed by atoms with van der Waals surface area (Å²) in [6, 6.07) is 9.38. The highest BCUT2D eigenvalue weighted by molar-refractivity contribution is 5.81. The van der Waals surface area contributed by atoms with Crippen molar-refractivity contribution in [3.8, 4) is 16.9 Å². The highest BCUT2D eigenvalue weighted by Crippen LogP contribution is 2.37. The van der Waals surface area contributed by atoms with Crippen molar-refractivity contribution < 1.29 is 17.9 Å². The van der Waals surface area contributed by atoms with E-state index in [2.05, 4.69) is 6.58 Å². The molecule has 0 aliphatic carbocycles. The third-order valence-electron chi connectivity index (χ3n) is 4.03. The van der Waals surface area contributed by atoms with Gasteiger partial charge in [0, 0.05) is 0 Å². The molecule has 0 amide bonds. The summed E-state index contributed by atoms with van der Waals surface area (Å²) in [4.78, 5) is 0. The summed E-state index contributed by atoms with van der Waals surface area (Å²) in [7, 11) is 0. The quantitative estimate of drug-likeness (QED) is 0.687. The lowest BCUT2D eigenvalue weighted by Gasteiger charge is -2.19. The van der Waals surface area contributed by atoms with Crippen LogP contribution in [0.15, 0.2) is 43.0 Å². The molecule has 3 rings (SSSR count). The van der Waals surface area contributed by atoms with Gasteiger partial charge >= 0.3 is 6.18 Å². The maximum Gasteiger partial charge on any atom is 0.416 e. The van der Waals surface area contributed by atoms with Crippen molar-refractivity contribution in [2.75, 3.05) is 6.61 Å². The lowest BCUT2D eigenvalue weighted by molar-refractivity contribution is -0.137. The number of halogens is 3. The molecule has 23 heavy (non-hydrogen) atoms. The molecule has 0 saturated carbocycles. The molecule has 0 aromatic heterocycles. The molecule has 1 aliphatic heterocycles. The van der Waals surface area contributed by atoms with Crippen molar-refractivity contribution in [2.24, 2.45) is 0 Å². The number of fused-ring (bicyclic) bond motifs is 1. The van der Waals surface area contributed by atoms with Crippen LogP contribution in [0.4, 0.5) is 13.2 Å². The summed E-state index contributed by atoms with van der Waals surface area (Å²) in [5.74, 6) is 0.823. The summed E-state index contributed by atoms with van der Waals surface area (Å²) in [5, 5.41) is 0. The fraction of sp³-hybridized carbons (Fsp3) is 0.263. The molecule has 4 heteroatoms. The highest BCUT2D eigenvalue weighted by atomic mass is 19.4. The number of aryl methyl sites for hydroxylation is 1. The molecular weight excluding hydrogens is 301 g/mol. The van der Waals surface area contributed by atoms with Crippen molar-refractivity contribution >= 4 is 5.57 Å². The number of hydrogen-bond acceptors (Lipinski definition) is 1. The number of alkyl halides is 3. The number of hydrogen-bond donors (Lipinski definition) is 0. The van der Waals surface area contributed by atoms with Gasteiger partial charge in [-0.15, -0.1) is 0 Å². The van der Waals surface area contributed by atoms with Crippen molar-refractivity contribution in [1.82, 2.24) is 0 Å². The molecule has 2 aromatic carbocycles. The standard InChI is InChI=1S/C19H17F3O/c1-12(2)16-7-6-15(19(20,21)22)11-17(16)13-5-8-18-14(10-13)4-3-9-23-18/h5-8,10-11H,1,3-4,9H2,2H3. The predicted molar refractivity (Wildman–Crippen MR) is 85.4 cm³/mol. The first-order valence-corrected chi connectivity index (χ1v) is 7.49. The Morgan fingerprint density at radius 3 is 2.61 bits per heavy atom. The van der Waals surface area contributed by atoms with E-state index in [1.807, 2.05) is 18.2 Å². The van der Waals surface area contributed by atoms with E-state index in [-0.39, 0.29) is 0 Å². The van der Waals surface area contributed by atoms with E-state index in [0.717, 1.165) is 46.9 Å². The number of benzene rings is 2. The van der Waals surface area contributed by atoms with Gasteiger partial charge in [-0.3, -0.25) is 0 Å². The Bertz CT molecular complexity index is 760. The van der Waals surface area contributed by atoms with Crippen LogP contribution in [-0.2, 0) is 12.6 Å². The Balaban J connectivity index is 2.15. The highest BCUT2D eigenvalue weighted by Gasteiger charge is 2.31. The average molecular weight is 318 g/mol. The zero-order chi connectivity index (χ0) is 16.6. The minimum atomic E-state index is -4.36.